The molecule has 50 heavy (non-hydrogen) atoms. The van der Waals surface area contributed by atoms with Gasteiger partial charge in [-0.1, -0.05) is 32.9 Å². The molecule has 0 spiro atoms. The highest BCUT2D eigenvalue weighted by molar-refractivity contribution is 6.61. The van der Waals surface area contributed by atoms with Gasteiger partial charge in [-0.05, 0) is 89.3 Å². The third kappa shape index (κ3) is 10.8. The maximum atomic E-state index is 6.23. The van der Waals surface area contributed by atoms with E-state index >= 15 is 0 Å². The van der Waals surface area contributed by atoms with Gasteiger partial charge in [0.15, 0.2) is 0 Å². The van der Waals surface area contributed by atoms with Crippen molar-refractivity contribution in [3.8, 4) is 11.5 Å². The summed E-state index contributed by atoms with van der Waals surface area (Å²) in [7, 11) is -5.33. The first-order valence-electron chi connectivity index (χ1n) is 19.0. The average Bonchev–Trinajstić information content (AvgIpc) is 3.10. The van der Waals surface area contributed by atoms with Gasteiger partial charge >= 0.3 is 17.6 Å². The van der Waals surface area contributed by atoms with Crippen LogP contribution in [0, 0.1) is 0 Å². The van der Waals surface area contributed by atoms with Gasteiger partial charge in [0.05, 0.1) is 0 Å². The van der Waals surface area contributed by atoms with E-state index in [9.17, 15) is 0 Å². The maximum Gasteiger partial charge on any atom is 0.500 e. The zero-order valence-corrected chi connectivity index (χ0v) is 34.1. The molecule has 4 rings (SSSR count). The minimum Gasteiger partial charge on any atom is -0.478 e. The molecule has 0 aromatic heterocycles. The summed E-state index contributed by atoms with van der Waals surface area (Å²) in [4.78, 5) is 4.72. The SMILES string of the molecule is CCCO[Si](CCCN1COc2ccc(C(C)(C)c3ccc4c(c3)CN(CCC[Si](OCC)(OCC)OCC)CO4)cc2C1)(OCC)OCC. The van der Waals surface area contributed by atoms with Gasteiger partial charge in [0.2, 0.25) is 0 Å². The van der Waals surface area contributed by atoms with Crippen LogP contribution in [0.25, 0.3) is 0 Å². The van der Waals surface area contributed by atoms with E-state index in [4.69, 9.17) is 36.0 Å². The predicted octanol–water partition coefficient (Wildman–Crippen LogP) is 7.58. The molecule has 0 saturated carbocycles. The van der Waals surface area contributed by atoms with Crippen LogP contribution >= 0.6 is 0 Å². The Hall–Kier alpha value is -1.85. The molecule has 2 aliphatic heterocycles. The Morgan fingerprint density at radius 2 is 1.00 bits per heavy atom. The summed E-state index contributed by atoms with van der Waals surface area (Å²) >= 11 is 0. The highest BCUT2D eigenvalue weighted by atomic mass is 28.4. The van der Waals surface area contributed by atoms with E-state index in [1.54, 1.807) is 0 Å². The van der Waals surface area contributed by atoms with Crippen molar-refractivity contribution >= 4 is 17.6 Å². The maximum absolute atomic E-state index is 6.23. The summed E-state index contributed by atoms with van der Waals surface area (Å²) in [5.41, 5.74) is 4.78. The van der Waals surface area contributed by atoms with E-state index < -0.39 is 17.6 Å². The van der Waals surface area contributed by atoms with Gasteiger partial charge in [0.25, 0.3) is 0 Å². The smallest absolute Gasteiger partial charge is 0.478 e. The molecule has 12 heteroatoms. The lowest BCUT2D eigenvalue weighted by Gasteiger charge is -2.34. The number of hydrogen-bond acceptors (Lipinski definition) is 10. The summed E-state index contributed by atoms with van der Waals surface area (Å²) in [6.07, 6.45) is 2.81. The third-order valence-corrected chi connectivity index (χ3v) is 15.6. The van der Waals surface area contributed by atoms with Crippen molar-refractivity contribution in [1.82, 2.24) is 9.80 Å². The highest BCUT2D eigenvalue weighted by Crippen LogP contribution is 2.38. The first-order valence-corrected chi connectivity index (χ1v) is 22.8. The molecule has 0 amide bonds. The average molecular weight is 733 g/mol. The van der Waals surface area contributed by atoms with Crippen molar-refractivity contribution in [3.05, 3.63) is 58.7 Å². The van der Waals surface area contributed by atoms with E-state index in [0.717, 1.165) is 69.0 Å². The van der Waals surface area contributed by atoms with Crippen LogP contribution in [0.2, 0.25) is 12.1 Å². The predicted molar refractivity (Wildman–Crippen MR) is 202 cm³/mol. The number of ether oxygens (including phenoxy) is 2. The summed E-state index contributed by atoms with van der Waals surface area (Å²) in [6.45, 7) is 25.1. The molecular weight excluding hydrogens is 669 g/mol. The standard InChI is InChI=1S/C38H64N2O8Si2/c1-9-23-48-50(46-13-5,47-14-6)25-16-22-40-29-33-27-35(18-20-37(33)42-31-40)38(7,8)34-17-19-36-32(26-34)28-39(30-41-36)21-15-24-49(43-10-2,44-11-3)45-12-4/h17-20,26-27H,9-16,21-25,28-31H2,1-8H3. The highest BCUT2D eigenvalue weighted by Gasteiger charge is 2.41. The Morgan fingerprint density at radius 1 is 0.600 bits per heavy atom. The van der Waals surface area contributed by atoms with E-state index in [1.165, 1.54) is 22.3 Å². The lowest BCUT2D eigenvalue weighted by molar-refractivity contribution is 0.0617. The number of nitrogens with zero attached hydrogens (tertiary/aromatic N) is 2. The van der Waals surface area contributed by atoms with Gasteiger partial charge in [-0.3, -0.25) is 9.80 Å². The van der Waals surface area contributed by atoms with Gasteiger partial charge in [0, 0.05) is 94.5 Å². The Bertz CT molecular complexity index is 1290. The molecule has 0 fully saturated rings. The van der Waals surface area contributed by atoms with Crippen LogP contribution in [-0.4, -0.2) is 93.6 Å². The Labute approximate surface area is 304 Å². The van der Waals surface area contributed by atoms with Crippen LogP contribution < -0.4 is 9.47 Å². The van der Waals surface area contributed by atoms with Crippen molar-refractivity contribution in [1.29, 1.82) is 0 Å². The molecule has 2 aromatic carbocycles. The molecule has 0 saturated heterocycles. The minimum atomic E-state index is -2.68. The van der Waals surface area contributed by atoms with Crippen molar-refractivity contribution in [3.63, 3.8) is 0 Å². The van der Waals surface area contributed by atoms with Gasteiger partial charge < -0.3 is 36.0 Å². The molecule has 0 radical (unpaired) electrons. The first kappa shape index (κ1) is 40.9. The van der Waals surface area contributed by atoms with E-state index in [2.05, 4.69) is 67.0 Å². The van der Waals surface area contributed by atoms with Crippen molar-refractivity contribution < 1.29 is 36.0 Å². The van der Waals surface area contributed by atoms with E-state index in [0.29, 0.717) is 53.1 Å². The molecule has 282 valence electrons. The van der Waals surface area contributed by atoms with Crippen LogP contribution in [0.15, 0.2) is 36.4 Å². The Balaban J connectivity index is 1.39. The molecule has 10 nitrogen and oxygen atoms in total. The van der Waals surface area contributed by atoms with Crippen molar-refractivity contribution in [2.24, 2.45) is 0 Å². The van der Waals surface area contributed by atoms with E-state index in [1.807, 2.05) is 34.6 Å². The van der Waals surface area contributed by atoms with Gasteiger partial charge in [-0.15, -0.1) is 0 Å². The second-order valence-corrected chi connectivity index (χ2v) is 19.0. The topological polar surface area (TPSA) is 80.3 Å². The lowest BCUT2D eigenvalue weighted by Crippen LogP contribution is -2.46. The fourth-order valence-corrected chi connectivity index (χ4v) is 12.2. The molecule has 2 aromatic rings. The summed E-state index contributed by atoms with van der Waals surface area (Å²) in [5, 5.41) is 0. The number of fused-ring (bicyclic) bond motifs is 2. The van der Waals surface area contributed by atoms with Crippen LogP contribution in [0.4, 0.5) is 0 Å². The van der Waals surface area contributed by atoms with Crippen molar-refractivity contribution in [2.45, 2.75) is 105 Å². The molecule has 0 N–H and O–H groups in total. The monoisotopic (exact) mass is 732 g/mol. The number of rotatable bonds is 23. The van der Waals surface area contributed by atoms with Crippen molar-refractivity contribution in [2.75, 3.05) is 66.2 Å². The molecule has 2 aliphatic rings. The second-order valence-electron chi connectivity index (χ2n) is 13.5. The van der Waals surface area contributed by atoms with Crippen LogP contribution in [0.3, 0.4) is 0 Å². The number of benzene rings is 2. The molecular formula is C38H64N2O8Si2. The largest absolute Gasteiger partial charge is 0.500 e. The molecule has 0 bridgehead atoms. The summed E-state index contributed by atoms with van der Waals surface area (Å²) in [5.74, 6) is 1.94. The van der Waals surface area contributed by atoms with Gasteiger partial charge in [-0.25, -0.2) is 0 Å². The summed E-state index contributed by atoms with van der Waals surface area (Å²) < 4.78 is 49.1. The van der Waals surface area contributed by atoms with Crippen LogP contribution in [0.5, 0.6) is 11.5 Å². The summed E-state index contributed by atoms with van der Waals surface area (Å²) in [6, 6.07) is 15.0. The minimum absolute atomic E-state index is 0.205. The molecule has 0 aliphatic carbocycles. The molecule has 0 unspecified atom stereocenters. The first-order chi connectivity index (χ1) is 24.2. The quantitative estimate of drug-likeness (QED) is 0.107. The van der Waals surface area contributed by atoms with E-state index in [-0.39, 0.29) is 5.41 Å². The Kier molecular flexibility index (Phi) is 16.2. The fourth-order valence-electron chi connectivity index (χ4n) is 6.89. The zero-order chi connectivity index (χ0) is 36.0. The van der Waals surface area contributed by atoms with Crippen LogP contribution in [0.1, 0.15) is 96.9 Å². The third-order valence-electron chi connectivity index (χ3n) is 9.42. The Morgan fingerprint density at radius 3 is 1.38 bits per heavy atom. The van der Waals surface area contributed by atoms with Crippen LogP contribution in [-0.2, 0) is 45.1 Å². The zero-order valence-electron chi connectivity index (χ0n) is 32.1. The lowest BCUT2D eigenvalue weighted by atomic mass is 9.77. The number of hydrogen-bond donors (Lipinski definition) is 0. The normalized spacial score (nSPS) is 15.8. The van der Waals surface area contributed by atoms with Gasteiger partial charge in [0.1, 0.15) is 25.0 Å². The van der Waals surface area contributed by atoms with Gasteiger partial charge in [-0.2, -0.15) is 0 Å². The molecule has 2 heterocycles. The molecule has 0 atom stereocenters. The second kappa shape index (κ2) is 19.8. The fraction of sp³-hybridized carbons (Fsp3) is 0.684.